The Kier molecular flexibility index (Phi) is 3.78. The molecule has 27 heavy (non-hydrogen) atoms. The molecule has 2 aromatic carbocycles. The van der Waals surface area contributed by atoms with Crippen molar-refractivity contribution >= 4 is 28.7 Å². The van der Waals surface area contributed by atoms with Gasteiger partial charge in [0.1, 0.15) is 6.04 Å². The third-order valence-electron chi connectivity index (χ3n) is 4.79. The number of terminal acetylenes is 1. The molecule has 1 aromatic heterocycles. The summed E-state index contributed by atoms with van der Waals surface area (Å²) in [6, 6.07) is 10.7. The summed E-state index contributed by atoms with van der Waals surface area (Å²) in [4.78, 5) is 41.5. The lowest BCUT2D eigenvalue weighted by molar-refractivity contribution is -0.141. The molecule has 3 aromatic rings. The minimum absolute atomic E-state index is 0.00377. The molecular formula is C21H14N2O4. The van der Waals surface area contributed by atoms with Crippen LogP contribution in [0.4, 0.5) is 0 Å². The number of rotatable bonds is 4. The summed E-state index contributed by atoms with van der Waals surface area (Å²) in [5.41, 5.74) is 2.08. The molecule has 0 spiro atoms. The van der Waals surface area contributed by atoms with Crippen molar-refractivity contribution in [2.24, 2.45) is 0 Å². The number of H-pyrrole nitrogens is 1. The Labute approximate surface area is 154 Å². The molecule has 2 heterocycles. The number of imide groups is 1. The molecule has 6 nitrogen and oxygen atoms in total. The fourth-order valence-electron chi connectivity index (χ4n) is 3.50. The third kappa shape index (κ3) is 2.49. The van der Waals surface area contributed by atoms with Crippen LogP contribution in [0.5, 0.6) is 0 Å². The van der Waals surface area contributed by atoms with Crippen molar-refractivity contribution in [3.05, 3.63) is 70.9 Å². The summed E-state index contributed by atoms with van der Waals surface area (Å²) in [6.07, 6.45) is 7.13. The minimum Gasteiger partial charge on any atom is -0.480 e. The molecule has 0 saturated heterocycles. The Morgan fingerprint density at radius 3 is 2.67 bits per heavy atom. The Bertz CT molecular complexity index is 1150. The van der Waals surface area contributed by atoms with Crippen LogP contribution in [-0.4, -0.2) is 38.8 Å². The van der Waals surface area contributed by atoms with Crippen LogP contribution in [0.1, 0.15) is 31.8 Å². The van der Waals surface area contributed by atoms with E-state index in [4.69, 9.17) is 6.42 Å². The maximum absolute atomic E-state index is 12.9. The van der Waals surface area contributed by atoms with E-state index in [1.807, 2.05) is 24.3 Å². The van der Waals surface area contributed by atoms with Crippen LogP contribution in [0.15, 0.2) is 48.7 Å². The first-order chi connectivity index (χ1) is 13.0. The van der Waals surface area contributed by atoms with Gasteiger partial charge in [-0.25, -0.2) is 4.79 Å². The van der Waals surface area contributed by atoms with Gasteiger partial charge in [0, 0.05) is 29.1 Å². The molecule has 1 atom stereocenters. The molecule has 0 radical (unpaired) electrons. The van der Waals surface area contributed by atoms with E-state index in [9.17, 15) is 19.5 Å². The van der Waals surface area contributed by atoms with Crippen molar-refractivity contribution in [3.63, 3.8) is 0 Å². The van der Waals surface area contributed by atoms with Crippen LogP contribution in [0.2, 0.25) is 0 Å². The van der Waals surface area contributed by atoms with Gasteiger partial charge in [0.2, 0.25) is 0 Å². The Hall–Kier alpha value is -3.85. The van der Waals surface area contributed by atoms with Crippen molar-refractivity contribution < 1.29 is 19.5 Å². The van der Waals surface area contributed by atoms with Gasteiger partial charge in [-0.2, -0.15) is 0 Å². The van der Waals surface area contributed by atoms with Crippen molar-refractivity contribution in [2.75, 3.05) is 0 Å². The lowest BCUT2D eigenvalue weighted by atomic mass is 10.0. The Morgan fingerprint density at radius 2 is 1.93 bits per heavy atom. The number of hydrogen-bond donors (Lipinski definition) is 2. The summed E-state index contributed by atoms with van der Waals surface area (Å²) in [6.45, 7) is 0. The van der Waals surface area contributed by atoms with Gasteiger partial charge in [0.15, 0.2) is 0 Å². The number of benzene rings is 2. The summed E-state index contributed by atoms with van der Waals surface area (Å²) in [5.74, 6) is -0.178. The van der Waals surface area contributed by atoms with E-state index in [0.717, 1.165) is 15.8 Å². The number of carbonyl (C=O) groups excluding carboxylic acids is 2. The van der Waals surface area contributed by atoms with E-state index < -0.39 is 23.8 Å². The zero-order chi connectivity index (χ0) is 19.1. The van der Waals surface area contributed by atoms with E-state index in [2.05, 4.69) is 10.9 Å². The van der Waals surface area contributed by atoms with Crippen molar-refractivity contribution in [3.8, 4) is 12.3 Å². The van der Waals surface area contributed by atoms with Crippen LogP contribution in [0, 0.1) is 12.3 Å². The number of aliphatic carboxylic acids is 1. The minimum atomic E-state index is -1.33. The van der Waals surface area contributed by atoms with E-state index in [-0.39, 0.29) is 23.1 Å². The average molecular weight is 358 g/mol. The molecule has 6 heteroatoms. The van der Waals surface area contributed by atoms with Gasteiger partial charge in [0.25, 0.3) is 11.8 Å². The smallest absolute Gasteiger partial charge is 0.327 e. The number of carboxylic acid groups (broad SMARTS) is 1. The number of hydrogen-bond acceptors (Lipinski definition) is 3. The summed E-state index contributed by atoms with van der Waals surface area (Å²) < 4.78 is 0. The number of aromatic amines is 1. The number of para-hydroxylation sites is 1. The van der Waals surface area contributed by atoms with E-state index in [0.29, 0.717) is 5.56 Å². The van der Waals surface area contributed by atoms with Crippen LogP contribution >= 0.6 is 0 Å². The van der Waals surface area contributed by atoms with Gasteiger partial charge < -0.3 is 10.1 Å². The van der Waals surface area contributed by atoms with Crippen LogP contribution in [0.25, 0.3) is 10.9 Å². The predicted octanol–water partition coefficient (Wildman–Crippen LogP) is 2.44. The quantitative estimate of drug-likeness (QED) is 0.554. The van der Waals surface area contributed by atoms with Gasteiger partial charge in [-0.3, -0.25) is 14.5 Å². The maximum atomic E-state index is 12.9. The topological polar surface area (TPSA) is 90.5 Å². The van der Waals surface area contributed by atoms with Crippen molar-refractivity contribution in [2.45, 2.75) is 12.5 Å². The molecule has 0 aliphatic carbocycles. The summed E-state index contributed by atoms with van der Waals surface area (Å²) >= 11 is 0. The first-order valence-electron chi connectivity index (χ1n) is 8.28. The number of aromatic nitrogens is 1. The number of nitrogens with zero attached hydrogens (tertiary/aromatic N) is 1. The van der Waals surface area contributed by atoms with E-state index in [1.165, 1.54) is 6.07 Å². The first kappa shape index (κ1) is 16.6. The van der Waals surface area contributed by atoms with Gasteiger partial charge in [0.05, 0.1) is 11.1 Å². The molecule has 4 rings (SSSR count). The Balaban J connectivity index is 1.76. The number of carbonyl (C=O) groups is 3. The molecule has 1 aliphatic heterocycles. The van der Waals surface area contributed by atoms with Crippen molar-refractivity contribution in [1.82, 2.24) is 9.88 Å². The molecule has 2 amide bonds. The number of carboxylic acids is 1. The number of amides is 2. The fourth-order valence-corrected chi connectivity index (χ4v) is 3.50. The lowest BCUT2D eigenvalue weighted by Gasteiger charge is -2.22. The van der Waals surface area contributed by atoms with E-state index >= 15 is 0 Å². The molecule has 0 saturated carbocycles. The highest BCUT2D eigenvalue weighted by atomic mass is 16.4. The van der Waals surface area contributed by atoms with Gasteiger partial charge >= 0.3 is 5.97 Å². The second-order valence-corrected chi connectivity index (χ2v) is 6.27. The number of fused-ring (bicyclic) bond motifs is 2. The van der Waals surface area contributed by atoms with Crippen LogP contribution < -0.4 is 0 Å². The maximum Gasteiger partial charge on any atom is 0.327 e. The van der Waals surface area contributed by atoms with Crippen LogP contribution in [0.3, 0.4) is 0 Å². The van der Waals surface area contributed by atoms with Gasteiger partial charge in [-0.15, -0.1) is 6.42 Å². The monoisotopic (exact) mass is 358 g/mol. The molecule has 1 unspecified atom stereocenters. The average Bonchev–Trinajstić information content (AvgIpc) is 3.19. The first-order valence-corrected chi connectivity index (χ1v) is 8.28. The largest absolute Gasteiger partial charge is 0.480 e. The second-order valence-electron chi connectivity index (χ2n) is 6.27. The molecule has 0 fully saturated rings. The summed E-state index contributed by atoms with van der Waals surface area (Å²) in [7, 11) is 0. The van der Waals surface area contributed by atoms with E-state index in [1.54, 1.807) is 18.3 Å². The molecule has 132 valence electrons. The fraction of sp³-hybridized carbons (Fsp3) is 0.0952. The van der Waals surface area contributed by atoms with Crippen LogP contribution in [-0.2, 0) is 11.2 Å². The zero-order valence-electron chi connectivity index (χ0n) is 14.1. The Morgan fingerprint density at radius 1 is 1.15 bits per heavy atom. The second kappa shape index (κ2) is 6.15. The van der Waals surface area contributed by atoms with Gasteiger partial charge in [-0.05, 0) is 23.8 Å². The van der Waals surface area contributed by atoms with Gasteiger partial charge in [-0.1, -0.05) is 30.2 Å². The molecular weight excluding hydrogens is 344 g/mol. The standard InChI is InChI=1S/C21H14N2O4/c1-2-12-6-5-8-15-18(12)20(25)23(19(15)24)17(21(26)27)10-13-11-22-16-9-4-3-7-14(13)16/h1,3-9,11,17,22H,10H2,(H,26,27). The third-order valence-corrected chi connectivity index (χ3v) is 4.79. The predicted molar refractivity (Wildman–Crippen MR) is 98.3 cm³/mol. The highest BCUT2D eigenvalue weighted by molar-refractivity contribution is 6.23. The highest BCUT2D eigenvalue weighted by Crippen LogP contribution is 2.29. The normalized spacial score (nSPS) is 14.3. The highest BCUT2D eigenvalue weighted by Gasteiger charge is 2.44. The lowest BCUT2D eigenvalue weighted by Crippen LogP contribution is -2.46. The number of nitrogens with one attached hydrogen (secondary N) is 1. The molecule has 0 bridgehead atoms. The summed E-state index contributed by atoms with van der Waals surface area (Å²) in [5, 5.41) is 10.6. The zero-order valence-corrected chi connectivity index (χ0v) is 14.1. The molecule has 1 aliphatic rings. The SMILES string of the molecule is C#Cc1cccc2c1C(=O)N(C(Cc1c[nH]c3ccccc13)C(=O)O)C2=O. The molecule has 2 N–H and O–H groups in total. The van der Waals surface area contributed by atoms with Crippen molar-refractivity contribution in [1.29, 1.82) is 0 Å².